The zero-order chi connectivity index (χ0) is 94.0. The second-order valence-electron chi connectivity index (χ2n) is 28.4. The maximum absolute atomic E-state index is 13.6. The van der Waals surface area contributed by atoms with Crippen LogP contribution in [0.1, 0.15) is 101 Å². The van der Waals surface area contributed by atoms with E-state index in [1.54, 1.807) is 60.7 Å². The van der Waals surface area contributed by atoms with Gasteiger partial charge in [0.25, 0.3) is 0 Å². The van der Waals surface area contributed by atoms with Crippen LogP contribution in [0.2, 0.25) is 0 Å². The van der Waals surface area contributed by atoms with Crippen molar-refractivity contribution in [2.45, 2.75) is 113 Å². The van der Waals surface area contributed by atoms with E-state index in [1.165, 1.54) is 95.2 Å². The van der Waals surface area contributed by atoms with E-state index in [1.807, 2.05) is 97.1 Å². The summed E-state index contributed by atoms with van der Waals surface area (Å²) in [6, 6.07) is 52.8. The van der Waals surface area contributed by atoms with Crippen LogP contribution in [0.15, 0.2) is 206 Å². The fourth-order valence-electron chi connectivity index (χ4n) is 12.5. The Hall–Kier alpha value is -15.4. The number of rotatable bonds is 46. The van der Waals surface area contributed by atoms with Gasteiger partial charge in [-0.05, 0) is 119 Å². The molecule has 36 nitrogen and oxygen atoms in total. The number of aliphatic carboxylic acids is 2. The molecule has 8 aromatic rings. The van der Waals surface area contributed by atoms with Gasteiger partial charge in [0.2, 0.25) is 29.5 Å². The molecule has 8 rings (SSSR count). The zero-order valence-corrected chi connectivity index (χ0v) is 72.2. The smallest absolute Gasteiger partial charge is 0.407 e. The Morgan fingerprint density at radius 2 is 0.558 bits per heavy atom. The van der Waals surface area contributed by atoms with Crippen LogP contribution < -0.4 is 56.7 Å². The average molecular weight is 1780 g/mol. The maximum Gasteiger partial charge on any atom is 0.407 e. The number of alkyl carbamates (subject to hydrolysis) is 3. The number of aromatic carboxylic acids is 1. The summed E-state index contributed by atoms with van der Waals surface area (Å²) in [4.78, 5) is 185. The minimum Gasteiger partial charge on any atom is -0.481 e. The van der Waals surface area contributed by atoms with Gasteiger partial charge >= 0.3 is 60.1 Å². The van der Waals surface area contributed by atoms with Crippen molar-refractivity contribution in [3.63, 3.8) is 0 Å². The summed E-state index contributed by atoms with van der Waals surface area (Å²) < 4.78 is 48.6. The van der Waals surface area contributed by atoms with Crippen molar-refractivity contribution in [3.05, 3.63) is 267 Å². The summed E-state index contributed by atoms with van der Waals surface area (Å²) in [6.07, 6.45) is 2.31. The predicted octanol–water partition coefficient (Wildman–Crippen LogP) is 7.24. The number of carboxylic acid groups (broad SMARTS) is 3. The van der Waals surface area contributed by atoms with Crippen LogP contribution in [0.25, 0.3) is 0 Å². The molecule has 0 fully saturated rings. The molecule has 6 atom stereocenters. The lowest BCUT2D eigenvalue weighted by Crippen LogP contribution is -2.55. The van der Waals surface area contributed by atoms with Crippen LogP contribution in [0.4, 0.5) is 14.4 Å². The van der Waals surface area contributed by atoms with Gasteiger partial charge in [0.15, 0.2) is 19.8 Å². The number of benzene rings is 8. The van der Waals surface area contributed by atoms with E-state index >= 15 is 0 Å². The van der Waals surface area contributed by atoms with E-state index < -0.39 is 146 Å². The summed E-state index contributed by atoms with van der Waals surface area (Å²) in [5, 5.41) is 49.4. The number of methoxy groups -OCH3 is 7. The van der Waals surface area contributed by atoms with E-state index in [9.17, 15) is 82.1 Å². The molecular weight excluding hydrogens is 1680 g/mol. The molecule has 0 aliphatic rings. The molecule has 0 heterocycles. The van der Waals surface area contributed by atoms with Crippen LogP contribution in [0, 0.1) is 0 Å². The predicted molar refractivity (Wildman–Crippen MR) is 465 cm³/mol. The van der Waals surface area contributed by atoms with Crippen LogP contribution >= 0.6 is 0 Å². The van der Waals surface area contributed by atoms with Gasteiger partial charge in [0.1, 0.15) is 70.2 Å². The molecule has 0 aliphatic carbocycles. The van der Waals surface area contributed by atoms with Gasteiger partial charge in [-0.3, -0.25) is 24.0 Å². The number of carboxylic acids is 3. The Bertz CT molecular complexity index is 5030. The maximum atomic E-state index is 13.6. The highest BCUT2D eigenvalue weighted by atomic mass is 16.6. The number of nitrogens with one attached hydrogen (secondary N) is 8. The molecule has 8 amide bonds. The first kappa shape index (κ1) is 102. The van der Waals surface area contributed by atoms with Crippen LogP contribution in [-0.4, -0.2) is 224 Å². The van der Waals surface area contributed by atoms with Gasteiger partial charge in [-0.1, -0.05) is 170 Å². The van der Waals surface area contributed by atoms with Gasteiger partial charge in [0, 0.05) is 51.6 Å². The molecule has 0 saturated heterocycles. The summed E-state index contributed by atoms with van der Waals surface area (Å²) in [7, 11) is 8.26. The average Bonchev–Trinajstić information content (AvgIpc) is 0.843. The zero-order valence-electron chi connectivity index (χ0n) is 72.2. The number of amides is 8. The summed E-state index contributed by atoms with van der Waals surface area (Å²) in [6.45, 7) is -0.903. The van der Waals surface area contributed by atoms with Crippen molar-refractivity contribution < 1.29 is 135 Å². The van der Waals surface area contributed by atoms with Crippen molar-refractivity contribution in [3.8, 4) is 17.2 Å². The third-order valence-corrected chi connectivity index (χ3v) is 19.2. The van der Waals surface area contributed by atoms with Crippen molar-refractivity contribution in [2.75, 3.05) is 82.7 Å². The van der Waals surface area contributed by atoms with Gasteiger partial charge in [-0.2, -0.15) is 0 Å². The Morgan fingerprint density at radius 1 is 0.279 bits per heavy atom. The molecule has 0 saturated carbocycles. The highest BCUT2D eigenvalue weighted by molar-refractivity contribution is 5.96. The monoisotopic (exact) mass is 1780 g/mol. The van der Waals surface area contributed by atoms with Crippen LogP contribution in [-0.2, 0) is 128 Å². The molecule has 0 spiro atoms. The lowest BCUT2D eigenvalue weighted by atomic mass is 10.0. The number of carbonyl (C=O) groups is 15. The topological polar surface area (TPSA) is 505 Å². The number of hydrogen-bond acceptors (Lipinski definition) is 25. The highest BCUT2D eigenvalue weighted by Crippen LogP contribution is 2.26. The molecule has 686 valence electrons. The number of carbonyl (C=O) groups excluding carboxylic acids is 12. The van der Waals surface area contributed by atoms with Crippen LogP contribution in [0.3, 0.4) is 0 Å². The Morgan fingerprint density at radius 3 is 0.853 bits per heavy atom. The first-order chi connectivity index (χ1) is 62.1. The number of hydrogen-bond donors (Lipinski definition) is 11. The summed E-state index contributed by atoms with van der Waals surface area (Å²) >= 11 is 0. The Balaban J connectivity index is 0.000000301. The van der Waals surface area contributed by atoms with E-state index in [0.29, 0.717) is 42.6 Å². The van der Waals surface area contributed by atoms with Gasteiger partial charge in [-0.15, -0.1) is 0 Å². The number of esters is 4. The third kappa shape index (κ3) is 37.1. The Kier molecular flexibility index (Phi) is 44.3. The minimum absolute atomic E-state index is 0.0147. The molecule has 0 bridgehead atoms. The fraction of sp³-hybridized carbons (Fsp3) is 0.323. The molecule has 8 aromatic carbocycles. The van der Waals surface area contributed by atoms with Crippen molar-refractivity contribution in [1.82, 2.24) is 42.5 Å². The Labute approximate surface area is 744 Å². The van der Waals surface area contributed by atoms with E-state index in [0.717, 1.165) is 56.6 Å². The largest absolute Gasteiger partial charge is 0.481 e. The SMILES string of the molecule is COC(=O)COc1ccc(C[C@H](NC(=O)C(Cc2ccccc2)NC(=O)OC)C(=O)NCCCCc2ccccc2)cc1C(=O)OC.COC(=O)COc1ccc(C[C@H](NC(=O)C(Cc2ccccc2)NC(=O)OC)C(=O)O)cc1C(=O)OC.COC(=O)NC(Cc1ccccc1)C(=O)N[C@@H](Cc1ccc(OCC(=O)O)c(C(=O)O)c1)C(=O)NCCCCc1ccccc1. The standard InChI is InChI=1S/C35H41N3O9.C33H37N3O9.C25H28N2O10/c1-44-31(39)23-47-30-18-17-26(20-27(30)34(42)45-2)22-28(32(40)36-19-11-10-14-24-12-6-4-7-13-24)37-33(41)29(38-35(43)46-3)21-25-15-8-5-9-16-25;1-44-33(43)36-27(19-23-13-6-3-7-14-23)31(40)35-26(30(39)34-17-9-8-12-22-10-4-2-5-11-22)20-24-15-16-28(45-21-29(37)38)25(18-24)32(41)42;1-34-21(28)14-37-20-10-9-16(11-17(20)24(32)35-2)13-19(23(30)31)26-22(29)18(27-25(33)36-3)12-15-7-5-4-6-8-15/h4-9,12-13,15-18,20,28-29H,10-11,14,19,21-23H2,1-3H3,(H,36,40)(H,37,41)(H,38,43);2-7,10-11,13-16,18,26-27H,8-9,12,17,19-21H2,1H3,(H,34,39)(H,35,40)(H,36,43)(H,37,38)(H,41,42);4-11,18-19H,12-14H2,1-3H3,(H,26,29)(H,27,33)(H,30,31)/t28-,29?;26-,27?;18?,19-/m000/s1. The van der Waals surface area contributed by atoms with Crippen molar-refractivity contribution >= 4 is 89.6 Å². The normalized spacial score (nSPS) is 11.8. The van der Waals surface area contributed by atoms with Gasteiger partial charge in [-0.25, -0.2) is 47.9 Å². The number of ether oxygens (including phenoxy) is 10. The molecule has 129 heavy (non-hydrogen) atoms. The molecule has 3 unspecified atom stereocenters. The van der Waals surface area contributed by atoms with Crippen molar-refractivity contribution in [1.29, 1.82) is 0 Å². The molecule has 0 radical (unpaired) electrons. The minimum atomic E-state index is -1.41. The van der Waals surface area contributed by atoms with Gasteiger partial charge in [0.05, 0.1) is 49.8 Å². The molecule has 0 aliphatic heterocycles. The number of unbranched alkanes of at least 4 members (excludes halogenated alkanes) is 2. The van der Waals surface area contributed by atoms with Crippen molar-refractivity contribution in [2.24, 2.45) is 0 Å². The van der Waals surface area contributed by atoms with Crippen LogP contribution in [0.5, 0.6) is 17.2 Å². The van der Waals surface area contributed by atoms with E-state index in [2.05, 4.69) is 56.7 Å². The lowest BCUT2D eigenvalue weighted by molar-refractivity contribution is -0.143. The fourth-order valence-corrected chi connectivity index (χ4v) is 12.5. The molecule has 11 N–H and O–H groups in total. The molecule has 0 aromatic heterocycles. The summed E-state index contributed by atoms with van der Waals surface area (Å²) in [5.41, 5.74) is 5.58. The second-order valence-corrected chi connectivity index (χ2v) is 28.4. The molecular formula is C93H106N8O28. The van der Waals surface area contributed by atoms with Gasteiger partial charge < -0.3 is 105 Å². The van der Waals surface area contributed by atoms with E-state index in [4.69, 9.17) is 38.3 Å². The summed E-state index contributed by atoms with van der Waals surface area (Å²) in [5.74, 6) is -9.74. The molecule has 36 heteroatoms. The quantitative estimate of drug-likeness (QED) is 0.0102. The number of aryl methyl sites for hydroxylation is 2. The third-order valence-electron chi connectivity index (χ3n) is 19.2. The lowest BCUT2D eigenvalue weighted by Gasteiger charge is -2.23. The van der Waals surface area contributed by atoms with E-state index in [-0.39, 0.29) is 72.5 Å². The second kappa shape index (κ2) is 55.8. The first-order valence-corrected chi connectivity index (χ1v) is 40.5. The highest BCUT2D eigenvalue weighted by Gasteiger charge is 2.33. The first-order valence-electron chi connectivity index (χ1n) is 40.5.